The molecule has 2 N–H and O–H groups in total. The fraction of sp³-hybridized carbons (Fsp3) is 0.167. The molecular weight excluding hydrogens is 298 g/mol. The third-order valence-electron chi connectivity index (χ3n) is 2.39. The van der Waals surface area contributed by atoms with Crippen molar-refractivity contribution in [2.45, 2.75) is 11.8 Å². The molecule has 0 aliphatic carbocycles. The second-order valence-corrected chi connectivity index (χ2v) is 6.26. The number of aliphatic hydroxyl groups is 1. The minimum Gasteiger partial charge on any atom is -0.384 e. The Kier molecular flexibility index (Phi) is 4.34. The maximum Gasteiger partial charge on any atom is 0.262 e. The lowest BCUT2D eigenvalue weighted by atomic mass is 10.1. The fourth-order valence-corrected chi connectivity index (χ4v) is 3.46. The SMILES string of the molecule is Cc1ccc(C#CCO)cc1S(=O)(=O)Nc1cnns1. The van der Waals surface area contributed by atoms with E-state index in [9.17, 15) is 8.42 Å². The molecule has 0 amide bonds. The molecule has 0 saturated heterocycles. The van der Waals surface area contributed by atoms with Crippen molar-refractivity contribution >= 4 is 26.6 Å². The number of nitrogens with one attached hydrogen (secondary N) is 1. The van der Waals surface area contributed by atoms with Crippen molar-refractivity contribution in [3.8, 4) is 11.8 Å². The zero-order valence-electron chi connectivity index (χ0n) is 10.5. The number of benzene rings is 1. The van der Waals surface area contributed by atoms with E-state index in [0.717, 1.165) is 11.5 Å². The van der Waals surface area contributed by atoms with Gasteiger partial charge in [0.1, 0.15) is 11.6 Å². The fourth-order valence-electron chi connectivity index (χ4n) is 1.51. The maximum absolute atomic E-state index is 12.3. The van der Waals surface area contributed by atoms with E-state index in [1.165, 1.54) is 12.3 Å². The van der Waals surface area contributed by atoms with Gasteiger partial charge in [0.25, 0.3) is 10.0 Å². The van der Waals surface area contributed by atoms with Crippen LogP contribution >= 0.6 is 11.5 Å². The molecule has 0 fully saturated rings. The zero-order chi connectivity index (χ0) is 14.6. The average Bonchev–Trinajstić information content (AvgIpc) is 2.89. The standard InChI is InChI=1S/C12H11N3O3S2/c1-9-4-5-10(3-2-6-16)7-11(9)20(17,18)14-12-8-13-15-19-12/h4-5,7-8,14,16H,6H2,1H3. The van der Waals surface area contributed by atoms with Crippen LogP contribution in [0, 0.1) is 18.8 Å². The van der Waals surface area contributed by atoms with Crippen molar-refractivity contribution in [1.29, 1.82) is 0 Å². The van der Waals surface area contributed by atoms with Crippen LogP contribution in [0.4, 0.5) is 5.00 Å². The summed E-state index contributed by atoms with van der Waals surface area (Å²) < 4.78 is 30.6. The minimum absolute atomic E-state index is 0.135. The predicted octanol–water partition coefficient (Wildman–Crippen LogP) is 0.991. The topological polar surface area (TPSA) is 92.2 Å². The van der Waals surface area contributed by atoms with E-state index >= 15 is 0 Å². The maximum atomic E-state index is 12.3. The van der Waals surface area contributed by atoms with Gasteiger partial charge in [0.05, 0.1) is 11.1 Å². The number of aromatic nitrogens is 2. The Morgan fingerprint density at radius 2 is 2.25 bits per heavy atom. The highest BCUT2D eigenvalue weighted by molar-refractivity contribution is 7.93. The molecule has 8 heteroatoms. The van der Waals surface area contributed by atoms with Crippen LogP contribution in [0.25, 0.3) is 0 Å². The van der Waals surface area contributed by atoms with Gasteiger partial charge < -0.3 is 5.11 Å². The smallest absolute Gasteiger partial charge is 0.262 e. The molecule has 1 aromatic carbocycles. The Bertz CT molecular complexity index is 759. The van der Waals surface area contributed by atoms with Gasteiger partial charge >= 0.3 is 0 Å². The second kappa shape index (κ2) is 6.00. The Balaban J connectivity index is 2.40. The van der Waals surface area contributed by atoms with E-state index in [0.29, 0.717) is 16.1 Å². The van der Waals surface area contributed by atoms with Crippen LogP contribution in [-0.2, 0) is 10.0 Å². The van der Waals surface area contributed by atoms with Crippen LogP contribution in [0.1, 0.15) is 11.1 Å². The molecular formula is C12H11N3O3S2. The summed E-state index contributed by atoms with van der Waals surface area (Å²) in [6, 6.07) is 4.83. The van der Waals surface area contributed by atoms with Gasteiger partial charge in [-0.2, -0.15) is 0 Å². The van der Waals surface area contributed by atoms with Crippen LogP contribution in [0.5, 0.6) is 0 Å². The molecule has 1 aromatic heterocycles. The summed E-state index contributed by atoms with van der Waals surface area (Å²) in [5.41, 5.74) is 1.12. The van der Waals surface area contributed by atoms with Crippen LogP contribution in [-0.4, -0.2) is 29.7 Å². The highest BCUT2D eigenvalue weighted by Gasteiger charge is 2.18. The molecule has 2 aromatic rings. The van der Waals surface area contributed by atoms with Crippen LogP contribution in [0.2, 0.25) is 0 Å². The highest BCUT2D eigenvalue weighted by Crippen LogP contribution is 2.21. The molecule has 0 bridgehead atoms. The molecule has 0 radical (unpaired) electrons. The van der Waals surface area contributed by atoms with Gasteiger partial charge in [0, 0.05) is 17.1 Å². The summed E-state index contributed by atoms with van der Waals surface area (Å²) >= 11 is 0.956. The lowest BCUT2D eigenvalue weighted by Gasteiger charge is -2.08. The van der Waals surface area contributed by atoms with Gasteiger partial charge in [0.2, 0.25) is 0 Å². The molecule has 20 heavy (non-hydrogen) atoms. The van der Waals surface area contributed by atoms with Crippen molar-refractivity contribution in [2.24, 2.45) is 0 Å². The molecule has 6 nitrogen and oxygen atoms in total. The van der Waals surface area contributed by atoms with Crippen LogP contribution in [0.15, 0.2) is 29.3 Å². The van der Waals surface area contributed by atoms with Crippen molar-refractivity contribution in [2.75, 3.05) is 11.3 Å². The lowest BCUT2D eigenvalue weighted by Crippen LogP contribution is -2.13. The van der Waals surface area contributed by atoms with Crippen LogP contribution in [0.3, 0.4) is 0 Å². The van der Waals surface area contributed by atoms with Gasteiger partial charge in [-0.05, 0) is 24.6 Å². The molecule has 104 valence electrons. The zero-order valence-corrected chi connectivity index (χ0v) is 12.1. The van der Waals surface area contributed by atoms with Gasteiger partial charge in [-0.1, -0.05) is 22.4 Å². The summed E-state index contributed by atoms with van der Waals surface area (Å²) in [5, 5.41) is 12.6. The van der Waals surface area contributed by atoms with Gasteiger partial charge in [-0.25, -0.2) is 8.42 Å². The first-order chi connectivity index (χ1) is 9.53. The highest BCUT2D eigenvalue weighted by atomic mass is 32.2. The molecule has 0 spiro atoms. The Morgan fingerprint density at radius 1 is 1.45 bits per heavy atom. The minimum atomic E-state index is -3.71. The van der Waals surface area contributed by atoms with Crippen molar-refractivity contribution < 1.29 is 13.5 Å². The van der Waals surface area contributed by atoms with Crippen molar-refractivity contribution in [1.82, 2.24) is 9.59 Å². The number of sulfonamides is 1. The number of anilines is 1. The largest absolute Gasteiger partial charge is 0.384 e. The Hall–Kier alpha value is -1.95. The van der Waals surface area contributed by atoms with Gasteiger partial charge in [-0.15, -0.1) is 5.10 Å². The second-order valence-electron chi connectivity index (χ2n) is 3.83. The van der Waals surface area contributed by atoms with E-state index in [-0.39, 0.29) is 11.5 Å². The molecule has 0 atom stereocenters. The van der Waals surface area contributed by atoms with Crippen molar-refractivity contribution in [3.63, 3.8) is 0 Å². The van der Waals surface area contributed by atoms with Crippen molar-refractivity contribution in [3.05, 3.63) is 35.5 Å². The number of hydrogen-bond acceptors (Lipinski definition) is 6. The monoisotopic (exact) mass is 309 g/mol. The molecule has 1 heterocycles. The number of nitrogens with zero attached hydrogens (tertiary/aromatic N) is 2. The number of hydrogen-bond donors (Lipinski definition) is 2. The normalized spacial score (nSPS) is 10.7. The first-order valence-corrected chi connectivity index (χ1v) is 7.79. The van der Waals surface area contributed by atoms with E-state index in [1.807, 2.05) is 0 Å². The number of rotatable bonds is 3. The molecule has 0 aliphatic heterocycles. The van der Waals surface area contributed by atoms with E-state index in [1.54, 1.807) is 19.1 Å². The third kappa shape index (κ3) is 3.33. The summed E-state index contributed by atoms with van der Waals surface area (Å²) in [5.74, 6) is 5.16. The number of aliphatic hydroxyl groups excluding tert-OH is 1. The summed E-state index contributed by atoms with van der Waals surface area (Å²) in [4.78, 5) is 0.135. The first-order valence-electron chi connectivity index (χ1n) is 5.53. The van der Waals surface area contributed by atoms with Crippen LogP contribution < -0.4 is 4.72 Å². The molecule has 0 saturated carbocycles. The quantitative estimate of drug-likeness (QED) is 0.825. The summed E-state index contributed by atoms with van der Waals surface area (Å²) in [7, 11) is -3.71. The van der Waals surface area contributed by atoms with Gasteiger partial charge in [-0.3, -0.25) is 4.72 Å². The predicted molar refractivity (Wildman–Crippen MR) is 75.9 cm³/mol. The van der Waals surface area contributed by atoms with E-state index in [2.05, 4.69) is 26.1 Å². The van der Waals surface area contributed by atoms with Gasteiger partial charge in [0.15, 0.2) is 0 Å². The van der Waals surface area contributed by atoms with E-state index in [4.69, 9.17) is 5.11 Å². The Morgan fingerprint density at radius 3 is 2.90 bits per heavy atom. The summed E-state index contributed by atoms with van der Waals surface area (Å²) in [6.45, 7) is 1.42. The molecule has 2 rings (SSSR count). The molecule has 0 aliphatic rings. The van der Waals surface area contributed by atoms with E-state index < -0.39 is 10.0 Å². The number of aryl methyl sites for hydroxylation is 1. The third-order valence-corrected chi connectivity index (χ3v) is 4.60. The average molecular weight is 309 g/mol. The first kappa shape index (κ1) is 14.5. The molecule has 0 unspecified atom stereocenters. The Labute approximate surface area is 120 Å². The lowest BCUT2D eigenvalue weighted by molar-refractivity contribution is 0.350. The summed E-state index contributed by atoms with van der Waals surface area (Å²) in [6.07, 6.45) is 1.34.